The lowest BCUT2D eigenvalue weighted by Crippen LogP contribution is -2.14. The van der Waals surface area contributed by atoms with E-state index >= 15 is 0 Å². The Hall–Kier alpha value is -2.27. The van der Waals surface area contributed by atoms with Gasteiger partial charge in [0.1, 0.15) is 0 Å². The summed E-state index contributed by atoms with van der Waals surface area (Å²) in [5, 5.41) is 18.1. The number of aromatic nitrogens is 2. The molecule has 0 saturated heterocycles. The van der Waals surface area contributed by atoms with Gasteiger partial charge in [0, 0.05) is 12.1 Å². The molecule has 1 N–H and O–H groups in total. The van der Waals surface area contributed by atoms with Gasteiger partial charge in [-0.15, -0.1) is 5.10 Å². The van der Waals surface area contributed by atoms with E-state index < -0.39 is 4.92 Å². The summed E-state index contributed by atoms with van der Waals surface area (Å²) >= 11 is 13.8. The van der Waals surface area contributed by atoms with Crippen LogP contribution in [-0.2, 0) is 4.79 Å². The number of non-ortho nitro benzene ring substituents is 1. The minimum absolute atomic E-state index is 0.0656. The zero-order valence-electron chi connectivity index (χ0n) is 13.5. The van der Waals surface area contributed by atoms with E-state index in [-0.39, 0.29) is 28.1 Å². The van der Waals surface area contributed by atoms with Crippen molar-refractivity contribution in [2.45, 2.75) is 4.34 Å². The van der Waals surface area contributed by atoms with E-state index in [9.17, 15) is 14.9 Å². The van der Waals surface area contributed by atoms with Crippen molar-refractivity contribution in [1.29, 1.82) is 0 Å². The SMILES string of the molecule is O=C(CSc1nn(-c2ccccc2)c(=S)s1)Nc1cc([N+](=O)[O-])ccc1Cl. The second-order valence-electron chi connectivity index (χ2n) is 5.14. The van der Waals surface area contributed by atoms with Crippen LogP contribution in [0.1, 0.15) is 0 Å². The fourth-order valence-corrected chi connectivity index (χ4v) is 4.41. The van der Waals surface area contributed by atoms with Crippen LogP contribution < -0.4 is 5.32 Å². The summed E-state index contributed by atoms with van der Waals surface area (Å²) in [5.41, 5.74) is 0.888. The number of para-hydroxylation sites is 1. The maximum absolute atomic E-state index is 12.2. The number of benzene rings is 2. The first-order valence-electron chi connectivity index (χ1n) is 7.46. The molecule has 0 fully saturated rings. The molecule has 0 saturated carbocycles. The minimum atomic E-state index is -0.552. The molecule has 0 aliphatic heterocycles. The third kappa shape index (κ3) is 4.92. The molecule has 0 aliphatic carbocycles. The summed E-state index contributed by atoms with van der Waals surface area (Å²) < 4.78 is 2.85. The van der Waals surface area contributed by atoms with Crippen LogP contribution in [0.3, 0.4) is 0 Å². The van der Waals surface area contributed by atoms with Crippen LogP contribution in [0, 0.1) is 14.1 Å². The largest absolute Gasteiger partial charge is 0.324 e. The number of carbonyl (C=O) groups excluding carboxylic acids is 1. The Morgan fingerprint density at radius 2 is 2.07 bits per heavy atom. The minimum Gasteiger partial charge on any atom is -0.324 e. The number of nitro groups is 1. The molecule has 2 aromatic carbocycles. The van der Waals surface area contributed by atoms with Gasteiger partial charge in [0.05, 0.1) is 27.1 Å². The van der Waals surface area contributed by atoms with Crippen LogP contribution in [0.5, 0.6) is 0 Å². The van der Waals surface area contributed by atoms with E-state index in [0.29, 0.717) is 8.29 Å². The molecule has 1 amide bonds. The Labute approximate surface area is 172 Å². The molecule has 3 rings (SSSR count). The van der Waals surface area contributed by atoms with Gasteiger partial charge in [-0.25, -0.2) is 4.68 Å². The third-order valence-corrected chi connectivity index (χ3v) is 5.99. The summed E-state index contributed by atoms with van der Waals surface area (Å²) in [7, 11) is 0. The number of nitro benzene ring substituents is 1. The summed E-state index contributed by atoms with van der Waals surface area (Å²) in [6.45, 7) is 0. The van der Waals surface area contributed by atoms with Crippen LogP contribution in [0.15, 0.2) is 52.9 Å². The van der Waals surface area contributed by atoms with Crippen LogP contribution in [0.2, 0.25) is 5.02 Å². The molecule has 0 radical (unpaired) electrons. The lowest BCUT2D eigenvalue weighted by atomic mass is 10.3. The second-order valence-corrected chi connectivity index (χ2v) is 8.39. The Balaban J connectivity index is 1.66. The van der Waals surface area contributed by atoms with Gasteiger partial charge < -0.3 is 5.32 Å². The number of thioether (sulfide) groups is 1. The number of rotatable bonds is 6. The Morgan fingerprint density at radius 3 is 2.78 bits per heavy atom. The number of anilines is 1. The summed E-state index contributed by atoms with van der Waals surface area (Å²) in [6, 6.07) is 13.3. The average molecular weight is 439 g/mol. The molecule has 0 bridgehead atoms. The highest BCUT2D eigenvalue weighted by Gasteiger charge is 2.13. The molecule has 1 heterocycles. The zero-order valence-corrected chi connectivity index (χ0v) is 16.7. The van der Waals surface area contributed by atoms with Gasteiger partial charge in [0.2, 0.25) is 5.91 Å². The molecular weight excluding hydrogens is 428 g/mol. The van der Waals surface area contributed by atoms with Crippen molar-refractivity contribution in [3.8, 4) is 5.69 Å². The molecule has 0 unspecified atom stereocenters. The van der Waals surface area contributed by atoms with E-state index in [1.54, 1.807) is 4.68 Å². The van der Waals surface area contributed by atoms with Gasteiger partial charge in [-0.1, -0.05) is 52.9 Å². The predicted octanol–water partition coefficient (Wildman–Crippen LogP) is 4.96. The van der Waals surface area contributed by atoms with Crippen LogP contribution in [0.4, 0.5) is 11.4 Å². The number of nitrogens with one attached hydrogen (secondary N) is 1. The van der Waals surface area contributed by atoms with E-state index in [1.165, 1.54) is 41.3 Å². The molecule has 3 aromatic rings. The van der Waals surface area contributed by atoms with Crippen molar-refractivity contribution >= 4 is 64.2 Å². The molecule has 11 heteroatoms. The van der Waals surface area contributed by atoms with Crippen LogP contribution >= 0.6 is 46.9 Å². The molecule has 27 heavy (non-hydrogen) atoms. The van der Waals surface area contributed by atoms with Crippen LogP contribution in [-0.4, -0.2) is 26.4 Å². The van der Waals surface area contributed by atoms with Crippen molar-refractivity contribution in [2.75, 3.05) is 11.1 Å². The lowest BCUT2D eigenvalue weighted by Gasteiger charge is -2.06. The van der Waals surface area contributed by atoms with Gasteiger partial charge in [0.15, 0.2) is 8.29 Å². The van der Waals surface area contributed by atoms with E-state index in [4.69, 9.17) is 23.8 Å². The average Bonchev–Trinajstić information content (AvgIpc) is 3.03. The van der Waals surface area contributed by atoms with E-state index in [1.807, 2.05) is 30.3 Å². The number of carbonyl (C=O) groups is 1. The number of hydrogen-bond donors (Lipinski definition) is 1. The number of nitrogens with zero attached hydrogens (tertiary/aromatic N) is 3. The van der Waals surface area contributed by atoms with Gasteiger partial charge in [-0.05, 0) is 30.4 Å². The Morgan fingerprint density at radius 1 is 1.33 bits per heavy atom. The van der Waals surface area contributed by atoms with Gasteiger partial charge in [-0.2, -0.15) is 0 Å². The van der Waals surface area contributed by atoms with Crippen molar-refractivity contribution in [2.24, 2.45) is 0 Å². The van der Waals surface area contributed by atoms with Crippen molar-refractivity contribution in [3.63, 3.8) is 0 Å². The van der Waals surface area contributed by atoms with Gasteiger partial charge >= 0.3 is 0 Å². The number of amides is 1. The summed E-state index contributed by atoms with van der Waals surface area (Å²) in [4.78, 5) is 22.5. The van der Waals surface area contributed by atoms with E-state index in [2.05, 4.69) is 10.4 Å². The standard InChI is InChI=1S/C16H11ClN4O3S3/c17-12-7-6-11(21(23)24)8-13(12)18-14(22)9-26-15-19-20(16(25)27-15)10-4-2-1-3-5-10/h1-8H,9H2,(H,18,22). The lowest BCUT2D eigenvalue weighted by molar-refractivity contribution is -0.384. The Bertz CT molecular complexity index is 1050. The quantitative estimate of drug-likeness (QED) is 0.253. The highest BCUT2D eigenvalue weighted by Crippen LogP contribution is 2.28. The van der Waals surface area contributed by atoms with Gasteiger partial charge in [0.25, 0.3) is 5.69 Å². The van der Waals surface area contributed by atoms with Gasteiger partial charge in [-0.3, -0.25) is 14.9 Å². The summed E-state index contributed by atoms with van der Waals surface area (Å²) in [6.07, 6.45) is 0. The fourth-order valence-electron chi connectivity index (χ4n) is 2.09. The highest BCUT2D eigenvalue weighted by atomic mass is 35.5. The fraction of sp³-hybridized carbons (Fsp3) is 0.0625. The number of hydrogen-bond acceptors (Lipinski definition) is 7. The number of halogens is 1. The topological polar surface area (TPSA) is 90.1 Å². The maximum Gasteiger partial charge on any atom is 0.271 e. The highest BCUT2D eigenvalue weighted by molar-refractivity contribution is 8.01. The molecular formula is C16H11ClN4O3S3. The molecule has 0 aliphatic rings. The van der Waals surface area contributed by atoms with Crippen LogP contribution in [0.25, 0.3) is 5.69 Å². The van der Waals surface area contributed by atoms with Crippen molar-refractivity contribution in [3.05, 3.63) is 67.6 Å². The molecule has 0 atom stereocenters. The maximum atomic E-state index is 12.2. The third-order valence-electron chi connectivity index (χ3n) is 3.29. The monoisotopic (exact) mass is 438 g/mol. The smallest absolute Gasteiger partial charge is 0.271 e. The first-order chi connectivity index (χ1) is 12.9. The first kappa shape index (κ1) is 19.5. The Kier molecular flexibility index (Phi) is 6.22. The zero-order chi connectivity index (χ0) is 19.4. The molecule has 138 valence electrons. The second kappa shape index (κ2) is 8.61. The molecule has 1 aromatic heterocycles. The van der Waals surface area contributed by atoms with E-state index in [0.717, 1.165) is 5.69 Å². The van der Waals surface area contributed by atoms with Crippen molar-refractivity contribution in [1.82, 2.24) is 9.78 Å². The first-order valence-corrected chi connectivity index (χ1v) is 10.0. The predicted molar refractivity (Wildman–Crippen MR) is 110 cm³/mol. The normalized spacial score (nSPS) is 10.6. The summed E-state index contributed by atoms with van der Waals surface area (Å²) in [5.74, 6) is -0.286. The van der Waals surface area contributed by atoms with Crippen molar-refractivity contribution < 1.29 is 9.72 Å². The molecule has 0 spiro atoms. The molecule has 7 nitrogen and oxygen atoms in total.